The molecule has 0 radical (unpaired) electrons. The predicted octanol–water partition coefficient (Wildman–Crippen LogP) is 4.80. The lowest BCUT2D eigenvalue weighted by Crippen LogP contribution is -2.38. The second-order valence-electron chi connectivity index (χ2n) is 9.57. The first kappa shape index (κ1) is 26.6. The van der Waals surface area contributed by atoms with Crippen molar-refractivity contribution in [1.82, 2.24) is 20.4 Å². The normalized spacial score (nSPS) is 18.4. The number of nitrogens with one attached hydrogen (secondary N) is 2. The smallest absolute Gasteiger partial charge is 0.253 e. The molecular formula is C27H29Cl2N5O4. The number of carbonyl (C=O) groups excluding carboxylic acids is 2. The van der Waals surface area contributed by atoms with Crippen molar-refractivity contribution in [2.75, 3.05) is 31.6 Å². The Hall–Kier alpha value is -2.98. The third-order valence-corrected chi connectivity index (χ3v) is 7.45. The summed E-state index contributed by atoms with van der Waals surface area (Å²) in [5.74, 6) is 0.443. The van der Waals surface area contributed by atoms with Crippen LogP contribution in [0.1, 0.15) is 41.9 Å². The number of nitrogens with zero attached hydrogens (tertiary/aromatic N) is 3. The number of amides is 2. The number of benzene rings is 2. The van der Waals surface area contributed by atoms with Crippen molar-refractivity contribution in [2.24, 2.45) is 5.92 Å². The van der Waals surface area contributed by atoms with Gasteiger partial charge in [-0.2, -0.15) is 4.98 Å². The Kier molecular flexibility index (Phi) is 8.58. The molecular weight excluding hydrogens is 529 g/mol. The number of para-hydroxylation sites is 1. The van der Waals surface area contributed by atoms with Crippen LogP contribution in [-0.4, -0.2) is 59.2 Å². The lowest BCUT2D eigenvalue weighted by atomic mass is 9.95. The fourth-order valence-electron chi connectivity index (χ4n) is 4.78. The molecule has 0 spiro atoms. The number of carbonyl (C=O) groups is 2. The summed E-state index contributed by atoms with van der Waals surface area (Å²) in [5, 5.41) is 10.9. The minimum atomic E-state index is -0.218. The number of ether oxygens (including phenoxy) is 1. The van der Waals surface area contributed by atoms with Crippen LogP contribution in [0.25, 0.3) is 11.4 Å². The van der Waals surface area contributed by atoms with Crippen molar-refractivity contribution >= 4 is 40.7 Å². The topological polar surface area (TPSA) is 110 Å². The summed E-state index contributed by atoms with van der Waals surface area (Å²) in [4.78, 5) is 32.5. The average molecular weight is 558 g/mol. The molecule has 9 nitrogen and oxygen atoms in total. The van der Waals surface area contributed by atoms with Crippen LogP contribution >= 0.6 is 23.2 Å². The van der Waals surface area contributed by atoms with Crippen molar-refractivity contribution in [3.63, 3.8) is 0 Å². The minimum absolute atomic E-state index is 0.0554. The van der Waals surface area contributed by atoms with E-state index in [-0.39, 0.29) is 23.8 Å². The van der Waals surface area contributed by atoms with Crippen LogP contribution in [0.3, 0.4) is 0 Å². The first-order chi connectivity index (χ1) is 18.5. The van der Waals surface area contributed by atoms with E-state index in [0.29, 0.717) is 77.6 Å². The summed E-state index contributed by atoms with van der Waals surface area (Å²) < 4.78 is 11.0. The summed E-state index contributed by atoms with van der Waals surface area (Å²) in [7, 11) is 0. The first-order valence-corrected chi connectivity index (χ1v) is 13.5. The highest BCUT2D eigenvalue weighted by Gasteiger charge is 2.27. The largest absolute Gasteiger partial charge is 0.376 e. The summed E-state index contributed by atoms with van der Waals surface area (Å²) in [6, 6.07) is 12.2. The molecule has 1 unspecified atom stereocenters. The van der Waals surface area contributed by atoms with E-state index in [2.05, 4.69) is 25.7 Å². The maximum absolute atomic E-state index is 13.0. The molecule has 2 N–H and O–H groups in total. The molecule has 11 heteroatoms. The van der Waals surface area contributed by atoms with E-state index in [0.717, 1.165) is 19.4 Å². The van der Waals surface area contributed by atoms with Crippen molar-refractivity contribution in [3.8, 4) is 11.4 Å². The molecule has 2 fully saturated rings. The fourth-order valence-corrected chi connectivity index (χ4v) is 5.27. The number of piperidine rings is 1. The Bertz CT molecular complexity index is 1290. The third kappa shape index (κ3) is 6.53. The van der Waals surface area contributed by atoms with Gasteiger partial charge in [0.15, 0.2) is 0 Å². The van der Waals surface area contributed by atoms with Crippen molar-refractivity contribution in [2.45, 2.75) is 38.3 Å². The van der Waals surface area contributed by atoms with Crippen LogP contribution in [0.4, 0.5) is 5.69 Å². The maximum atomic E-state index is 13.0. The van der Waals surface area contributed by atoms with Crippen LogP contribution < -0.4 is 10.6 Å². The fraction of sp³-hybridized carbons (Fsp3) is 0.407. The highest BCUT2D eigenvalue weighted by atomic mass is 35.5. The Labute approximate surface area is 230 Å². The van der Waals surface area contributed by atoms with E-state index in [9.17, 15) is 9.59 Å². The summed E-state index contributed by atoms with van der Waals surface area (Å²) >= 11 is 12.2. The number of aromatic nitrogens is 2. The molecule has 0 aliphatic carbocycles. The van der Waals surface area contributed by atoms with Crippen molar-refractivity contribution in [3.05, 3.63) is 64.0 Å². The number of hydrogen-bond acceptors (Lipinski definition) is 7. The van der Waals surface area contributed by atoms with Gasteiger partial charge in [0.1, 0.15) is 0 Å². The number of anilines is 1. The van der Waals surface area contributed by atoms with Crippen molar-refractivity contribution in [1.29, 1.82) is 0 Å². The van der Waals surface area contributed by atoms with Crippen LogP contribution in [0.15, 0.2) is 47.0 Å². The van der Waals surface area contributed by atoms with E-state index >= 15 is 0 Å². The maximum Gasteiger partial charge on any atom is 0.253 e. The van der Waals surface area contributed by atoms with E-state index < -0.39 is 0 Å². The predicted molar refractivity (Wildman–Crippen MR) is 144 cm³/mol. The summed E-state index contributed by atoms with van der Waals surface area (Å²) in [5.41, 5.74) is 1.62. The lowest BCUT2D eigenvalue weighted by molar-refractivity contribution is -0.121. The van der Waals surface area contributed by atoms with Gasteiger partial charge in [-0.15, -0.1) is 0 Å². The van der Waals surface area contributed by atoms with Crippen LogP contribution in [-0.2, 0) is 16.1 Å². The molecule has 0 saturated carbocycles. The third-order valence-electron chi connectivity index (χ3n) is 6.90. The van der Waals surface area contributed by atoms with Crippen molar-refractivity contribution < 1.29 is 18.8 Å². The molecule has 5 rings (SSSR count). The molecule has 2 aliphatic heterocycles. The summed E-state index contributed by atoms with van der Waals surface area (Å²) in [6.07, 6.45) is 3.38. The van der Waals surface area contributed by atoms with Crippen LogP contribution in [0, 0.1) is 5.92 Å². The van der Waals surface area contributed by atoms with E-state index in [1.165, 1.54) is 0 Å². The molecule has 2 amide bonds. The zero-order valence-electron chi connectivity index (χ0n) is 20.8. The Balaban J connectivity index is 1.12. The molecule has 3 heterocycles. The van der Waals surface area contributed by atoms with Gasteiger partial charge < -0.3 is 19.9 Å². The highest BCUT2D eigenvalue weighted by Crippen LogP contribution is 2.29. The van der Waals surface area contributed by atoms with E-state index in [4.69, 9.17) is 32.5 Å². The minimum Gasteiger partial charge on any atom is -0.376 e. The monoisotopic (exact) mass is 557 g/mol. The van der Waals surface area contributed by atoms with Gasteiger partial charge in [-0.3, -0.25) is 14.5 Å². The second kappa shape index (κ2) is 12.3. The Morgan fingerprint density at radius 1 is 1.08 bits per heavy atom. The highest BCUT2D eigenvalue weighted by molar-refractivity contribution is 6.36. The van der Waals surface area contributed by atoms with Crippen LogP contribution in [0.5, 0.6) is 0 Å². The molecule has 2 aromatic carbocycles. The van der Waals surface area contributed by atoms with Gasteiger partial charge >= 0.3 is 0 Å². The zero-order chi connectivity index (χ0) is 26.5. The number of likely N-dealkylation sites (tertiary alicyclic amines) is 1. The molecule has 3 aromatic rings. The quantitative estimate of drug-likeness (QED) is 0.409. The SMILES string of the molecule is O=C(NCC1CCCO1)c1ccccc1NC(=O)C1CCN(Cc2nc(-c3ccc(Cl)cc3Cl)no2)CC1. The standard InChI is InChI=1S/C27H29Cl2N5O4/c28-18-7-8-20(22(29)14-18)25-32-24(38-33-25)16-34-11-9-17(10-12-34)26(35)31-23-6-2-1-5-21(23)27(36)30-15-19-4-3-13-37-19/h1-2,5-8,14,17,19H,3-4,9-13,15-16H2,(H,30,36)(H,31,35). The van der Waals surface area contributed by atoms with Gasteiger partial charge in [0.25, 0.3) is 5.91 Å². The number of halogens is 2. The first-order valence-electron chi connectivity index (χ1n) is 12.8. The average Bonchev–Trinajstić information content (AvgIpc) is 3.60. The lowest BCUT2D eigenvalue weighted by Gasteiger charge is -2.30. The molecule has 2 aliphatic rings. The molecule has 2 saturated heterocycles. The van der Waals surface area contributed by atoms with Gasteiger partial charge in [0, 0.05) is 29.7 Å². The molecule has 200 valence electrons. The second-order valence-corrected chi connectivity index (χ2v) is 10.4. The van der Waals surface area contributed by atoms with E-state index in [1.54, 1.807) is 36.4 Å². The van der Waals surface area contributed by atoms with Gasteiger partial charge in [-0.25, -0.2) is 0 Å². The van der Waals surface area contributed by atoms with Gasteiger partial charge in [0.2, 0.25) is 17.6 Å². The number of hydrogen-bond donors (Lipinski definition) is 2. The van der Waals surface area contributed by atoms with Gasteiger partial charge in [-0.05, 0) is 69.1 Å². The zero-order valence-corrected chi connectivity index (χ0v) is 22.3. The van der Waals surface area contributed by atoms with Gasteiger partial charge in [0.05, 0.1) is 28.9 Å². The Morgan fingerprint density at radius 2 is 1.89 bits per heavy atom. The Morgan fingerprint density at radius 3 is 2.66 bits per heavy atom. The molecule has 38 heavy (non-hydrogen) atoms. The molecule has 1 aromatic heterocycles. The number of rotatable bonds is 8. The van der Waals surface area contributed by atoms with Crippen LogP contribution in [0.2, 0.25) is 10.0 Å². The molecule has 1 atom stereocenters. The summed E-state index contributed by atoms with van der Waals surface area (Å²) in [6.45, 7) is 3.11. The van der Waals surface area contributed by atoms with E-state index in [1.807, 2.05) is 6.07 Å². The van der Waals surface area contributed by atoms with Gasteiger partial charge in [-0.1, -0.05) is 40.5 Å². The molecule has 0 bridgehead atoms.